The van der Waals surface area contributed by atoms with E-state index in [1.807, 2.05) is 6.07 Å². The number of carbonyl (C=O) groups excluding carboxylic acids is 1. The van der Waals surface area contributed by atoms with Gasteiger partial charge in [0, 0.05) is 29.5 Å². The molecule has 1 amide bonds. The summed E-state index contributed by atoms with van der Waals surface area (Å²) < 4.78 is 5.45. The van der Waals surface area contributed by atoms with Crippen molar-refractivity contribution in [3.05, 3.63) is 66.5 Å². The van der Waals surface area contributed by atoms with Gasteiger partial charge in [0.1, 0.15) is 18.1 Å². The van der Waals surface area contributed by atoms with Crippen molar-refractivity contribution in [3.8, 4) is 16.6 Å². The molecule has 0 unspecified atom stereocenters. The van der Waals surface area contributed by atoms with Crippen LogP contribution in [0.15, 0.2) is 60.8 Å². The molecule has 0 radical (unpaired) electrons. The van der Waals surface area contributed by atoms with E-state index in [0.29, 0.717) is 34.6 Å². The van der Waals surface area contributed by atoms with Gasteiger partial charge in [-0.2, -0.15) is 0 Å². The lowest BCUT2D eigenvalue weighted by molar-refractivity contribution is 0.102. The van der Waals surface area contributed by atoms with E-state index in [1.54, 1.807) is 48.1 Å². The fourth-order valence-corrected chi connectivity index (χ4v) is 2.65. The number of nitrogens with zero attached hydrogens (tertiary/aromatic N) is 3. The quantitative estimate of drug-likeness (QED) is 0.697. The second kappa shape index (κ2) is 7.47. The third kappa shape index (κ3) is 3.82. The van der Waals surface area contributed by atoms with Crippen molar-refractivity contribution in [1.82, 2.24) is 15.0 Å². The molecule has 2 heterocycles. The zero-order valence-corrected chi connectivity index (χ0v) is 13.5. The fraction of sp³-hybridized carbons (Fsp3) is 0.0588. The van der Waals surface area contributed by atoms with Crippen molar-refractivity contribution < 1.29 is 9.53 Å². The van der Waals surface area contributed by atoms with Gasteiger partial charge in [0.05, 0.1) is 0 Å². The summed E-state index contributed by atoms with van der Waals surface area (Å²) in [6.45, 7) is 4.01. The van der Waals surface area contributed by atoms with Gasteiger partial charge in [-0.3, -0.25) is 4.79 Å². The molecular weight excluding hydrogens is 324 g/mol. The molecular formula is C17H14N4O2S. The van der Waals surface area contributed by atoms with Crippen LogP contribution in [0.1, 0.15) is 10.5 Å². The van der Waals surface area contributed by atoms with Crippen LogP contribution < -0.4 is 10.1 Å². The molecule has 1 N–H and O–H groups in total. The number of nitrogens with one attached hydrogen (secondary N) is 1. The molecule has 0 fully saturated rings. The standard InChI is InChI=1S/C17H14N4O2S/c1-2-9-23-13-6-3-5-12(10-13)20-16(22)14-11-24-17(21-14)15-18-7-4-8-19-15/h2-8,10-11H,1,9H2,(H,20,22). The highest BCUT2D eigenvalue weighted by Crippen LogP contribution is 2.21. The minimum Gasteiger partial charge on any atom is -0.489 e. The molecule has 0 bridgehead atoms. The lowest BCUT2D eigenvalue weighted by Crippen LogP contribution is -2.12. The average molecular weight is 338 g/mol. The molecule has 0 aliphatic heterocycles. The van der Waals surface area contributed by atoms with Crippen LogP contribution in [0.25, 0.3) is 10.8 Å². The average Bonchev–Trinajstić information content (AvgIpc) is 3.11. The van der Waals surface area contributed by atoms with Crippen LogP contribution in [0.4, 0.5) is 5.69 Å². The Morgan fingerprint density at radius 2 is 2.12 bits per heavy atom. The van der Waals surface area contributed by atoms with Gasteiger partial charge in [0.2, 0.25) is 0 Å². The van der Waals surface area contributed by atoms with E-state index in [1.165, 1.54) is 11.3 Å². The summed E-state index contributed by atoms with van der Waals surface area (Å²) >= 11 is 1.32. The van der Waals surface area contributed by atoms with Crippen molar-refractivity contribution in [1.29, 1.82) is 0 Å². The smallest absolute Gasteiger partial charge is 0.275 e. The van der Waals surface area contributed by atoms with Crippen molar-refractivity contribution in [2.24, 2.45) is 0 Å². The number of aromatic nitrogens is 3. The van der Waals surface area contributed by atoms with Gasteiger partial charge in [-0.25, -0.2) is 15.0 Å². The maximum atomic E-state index is 12.3. The number of rotatable bonds is 6. The van der Waals surface area contributed by atoms with Crippen LogP contribution in [-0.4, -0.2) is 27.5 Å². The lowest BCUT2D eigenvalue weighted by atomic mass is 10.3. The number of thiazole rings is 1. The summed E-state index contributed by atoms with van der Waals surface area (Å²) in [7, 11) is 0. The van der Waals surface area contributed by atoms with Crippen LogP contribution in [0.2, 0.25) is 0 Å². The number of benzene rings is 1. The van der Waals surface area contributed by atoms with Gasteiger partial charge in [-0.15, -0.1) is 11.3 Å². The highest BCUT2D eigenvalue weighted by atomic mass is 32.1. The molecule has 1 aromatic carbocycles. The topological polar surface area (TPSA) is 77.0 Å². The van der Waals surface area contributed by atoms with Crippen LogP contribution in [0.3, 0.4) is 0 Å². The first-order valence-corrected chi connectivity index (χ1v) is 8.02. The molecule has 120 valence electrons. The summed E-state index contributed by atoms with van der Waals surface area (Å²) in [5, 5.41) is 5.08. The molecule has 0 saturated carbocycles. The van der Waals surface area contributed by atoms with E-state index in [9.17, 15) is 4.79 Å². The molecule has 24 heavy (non-hydrogen) atoms. The Bertz CT molecular complexity index is 849. The molecule has 0 atom stereocenters. The molecule has 3 aromatic rings. The summed E-state index contributed by atoms with van der Waals surface area (Å²) in [5.74, 6) is 0.861. The van der Waals surface area contributed by atoms with Crippen LogP contribution in [-0.2, 0) is 0 Å². The summed E-state index contributed by atoms with van der Waals surface area (Å²) in [5.41, 5.74) is 0.951. The number of hydrogen-bond acceptors (Lipinski definition) is 6. The van der Waals surface area contributed by atoms with E-state index in [2.05, 4.69) is 26.8 Å². The van der Waals surface area contributed by atoms with E-state index in [0.717, 1.165) is 0 Å². The molecule has 0 aliphatic carbocycles. The maximum absolute atomic E-state index is 12.3. The molecule has 2 aromatic heterocycles. The van der Waals surface area contributed by atoms with Crippen LogP contribution >= 0.6 is 11.3 Å². The van der Waals surface area contributed by atoms with E-state index in [-0.39, 0.29) is 5.91 Å². The van der Waals surface area contributed by atoms with Gasteiger partial charge < -0.3 is 10.1 Å². The SMILES string of the molecule is C=CCOc1cccc(NC(=O)c2csc(-c3ncccn3)n2)c1. The predicted molar refractivity (Wildman–Crippen MR) is 93.2 cm³/mol. The second-order valence-corrected chi connectivity index (χ2v) is 5.55. The highest BCUT2D eigenvalue weighted by Gasteiger charge is 2.13. The number of ether oxygens (including phenoxy) is 1. The van der Waals surface area contributed by atoms with Gasteiger partial charge >= 0.3 is 0 Å². The fourth-order valence-electron chi connectivity index (χ4n) is 1.90. The third-order valence-corrected chi connectivity index (χ3v) is 3.79. The Kier molecular flexibility index (Phi) is 4.93. The normalized spacial score (nSPS) is 10.2. The molecule has 0 saturated heterocycles. The molecule has 7 heteroatoms. The number of anilines is 1. The molecule has 0 aliphatic rings. The minimum absolute atomic E-state index is 0.297. The number of carbonyl (C=O) groups is 1. The van der Waals surface area contributed by atoms with E-state index < -0.39 is 0 Å². The lowest BCUT2D eigenvalue weighted by Gasteiger charge is -2.07. The van der Waals surface area contributed by atoms with E-state index >= 15 is 0 Å². The largest absolute Gasteiger partial charge is 0.489 e. The van der Waals surface area contributed by atoms with Crippen molar-refractivity contribution >= 4 is 22.9 Å². The summed E-state index contributed by atoms with van der Waals surface area (Å²) in [4.78, 5) is 24.9. The minimum atomic E-state index is -0.297. The Morgan fingerprint density at radius 3 is 2.92 bits per heavy atom. The van der Waals surface area contributed by atoms with E-state index in [4.69, 9.17) is 4.74 Å². The summed E-state index contributed by atoms with van der Waals surface area (Å²) in [6.07, 6.45) is 4.93. The van der Waals surface area contributed by atoms with Gasteiger partial charge in [0.25, 0.3) is 5.91 Å². The van der Waals surface area contributed by atoms with Crippen LogP contribution in [0, 0.1) is 0 Å². The molecule has 6 nitrogen and oxygen atoms in total. The zero-order chi connectivity index (χ0) is 16.8. The Labute approximate surface area is 142 Å². The Hall–Kier alpha value is -3.06. The predicted octanol–water partition coefficient (Wildman–Crippen LogP) is 3.42. The Morgan fingerprint density at radius 1 is 1.29 bits per heavy atom. The third-order valence-electron chi connectivity index (χ3n) is 2.95. The van der Waals surface area contributed by atoms with Crippen molar-refractivity contribution in [3.63, 3.8) is 0 Å². The van der Waals surface area contributed by atoms with Gasteiger partial charge in [0.15, 0.2) is 10.8 Å². The second-order valence-electron chi connectivity index (χ2n) is 4.69. The highest BCUT2D eigenvalue weighted by molar-refractivity contribution is 7.13. The maximum Gasteiger partial charge on any atom is 0.275 e. The zero-order valence-electron chi connectivity index (χ0n) is 12.7. The van der Waals surface area contributed by atoms with Crippen molar-refractivity contribution in [2.45, 2.75) is 0 Å². The number of amides is 1. The first-order valence-electron chi connectivity index (χ1n) is 7.14. The van der Waals surface area contributed by atoms with Gasteiger partial charge in [-0.1, -0.05) is 18.7 Å². The van der Waals surface area contributed by atoms with Crippen molar-refractivity contribution in [2.75, 3.05) is 11.9 Å². The monoisotopic (exact) mass is 338 g/mol. The molecule has 3 rings (SSSR count). The Balaban J connectivity index is 1.71. The van der Waals surface area contributed by atoms with Gasteiger partial charge in [-0.05, 0) is 18.2 Å². The first-order chi connectivity index (χ1) is 11.8. The number of hydrogen-bond donors (Lipinski definition) is 1. The van der Waals surface area contributed by atoms with Crippen LogP contribution in [0.5, 0.6) is 5.75 Å². The molecule has 0 spiro atoms. The summed E-state index contributed by atoms with van der Waals surface area (Å²) in [6, 6.07) is 8.87. The first kappa shape index (κ1) is 15.8.